The van der Waals surface area contributed by atoms with E-state index in [-0.39, 0.29) is 18.2 Å². The fourth-order valence-electron chi connectivity index (χ4n) is 3.00. The average molecular weight is 377 g/mol. The number of nitrogens with zero attached hydrogens (tertiary/aromatic N) is 3. The fourth-order valence-corrected chi connectivity index (χ4v) is 3.00. The highest BCUT2D eigenvalue weighted by molar-refractivity contribution is 6.01. The number of fused-ring (bicyclic) bond motifs is 1. The van der Waals surface area contributed by atoms with Crippen LogP contribution < -0.4 is 15.4 Å². The number of anilines is 2. The van der Waals surface area contributed by atoms with Crippen molar-refractivity contribution in [3.8, 4) is 17.1 Å². The number of hydrogen-bond donors (Lipinski definition) is 2. The van der Waals surface area contributed by atoms with Crippen molar-refractivity contribution in [3.63, 3.8) is 0 Å². The molecule has 0 bridgehead atoms. The van der Waals surface area contributed by atoms with Gasteiger partial charge in [-0.25, -0.2) is 4.68 Å². The summed E-state index contributed by atoms with van der Waals surface area (Å²) in [7, 11) is 1.58. The van der Waals surface area contributed by atoms with Crippen LogP contribution in [0.2, 0.25) is 0 Å². The minimum atomic E-state index is -0.736. The predicted molar refractivity (Wildman–Crippen MR) is 104 cm³/mol. The minimum Gasteiger partial charge on any atom is -0.497 e. The summed E-state index contributed by atoms with van der Waals surface area (Å²) in [6.07, 6.45) is -0.0401. The number of aryl methyl sites for hydroxylation is 1. The van der Waals surface area contributed by atoms with Crippen LogP contribution in [-0.4, -0.2) is 33.7 Å². The van der Waals surface area contributed by atoms with Crippen LogP contribution in [0.25, 0.3) is 11.4 Å². The first-order chi connectivity index (χ1) is 13.5. The van der Waals surface area contributed by atoms with E-state index >= 15 is 0 Å². The lowest BCUT2D eigenvalue weighted by atomic mass is 10.1. The molecular weight excluding hydrogens is 358 g/mol. The number of aromatic nitrogens is 3. The van der Waals surface area contributed by atoms with Crippen LogP contribution in [0.15, 0.2) is 48.5 Å². The van der Waals surface area contributed by atoms with Crippen LogP contribution in [-0.2, 0) is 9.59 Å². The molecule has 0 spiro atoms. The molecule has 4 rings (SSSR count). The molecule has 2 N–H and O–H groups in total. The van der Waals surface area contributed by atoms with Crippen LogP contribution in [0, 0.1) is 6.92 Å². The summed E-state index contributed by atoms with van der Waals surface area (Å²) < 4.78 is 6.57. The monoisotopic (exact) mass is 377 g/mol. The van der Waals surface area contributed by atoms with Crippen molar-refractivity contribution < 1.29 is 14.3 Å². The highest BCUT2D eigenvalue weighted by Gasteiger charge is 2.35. The lowest BCUT2D eigenvalue weighted by Crippen LogP contribution is -2.23. The Kier molecular flexibility index (Phi) is 4.52. The molecule has 1 aliphatic heterocycles. The molecule has 2 amide bonds. The number of amides is 2. The van der Waals surface area contributed by atoms with Crippen LogP contribution in [0.1, 0.15) is 18.0 Å². The Bertz CT molecular complexity index is 1020. The van der Waals surface area contributed by atoms with Crippen LogP contribution in [0.5, 0.6) is 5.75 Å². The standard InChI is InChI=1S/C20H19N5O3/c1-12-3-5-13(6-4-12)18-22-20-23-19(27)16(25(20)24-18)11-17(26)21-14-7-9-15(28-2)10-8-14/h3-10,16H,11H2,1-2H3,(H,21,26)(H,22,23,24,27)/t16-/m0/s1. The summed E-state index contributed by atoms with van der Waals surface area (Å²) in [5, 5.41) is 9.90. The van der Waals surface area contributed by atoms with Crippen LogP contribution >= 0.6 is 0 Å². The molecule has 2 heterocycles. The van der Waals surface area contributed by atoms with Crippen molar-refractivity contribution in [1.82, 2.24) is 14.8 Å². The van der Waals surface area contributed by atoms with Gasteiger partial charge in [-0.2, -0.15) is 4.98 Å². The molecular formula is C20H19N5O3. The summed E-state index contributed by atoms with van der Waals surface area (Å²) in [5.41, 5.74) is 2.61. The van der Waals surface area contributed by atoms with E-state index < -0.39 is 6.04 Å². The van der Waals surface area contributed by atoms with Crippen molar-refractivity contribution in [1.29, 1.82) is 0 Å². The molecule has 0 unspecified atom stereocenters. The molecule has 8 heteroatoms. The smallest absolute Gasteiger partial charge is 0.252 e. The van der Waals surface area contributed by atoms with E-state index in [4.69, 9.17) is 4.74 Å². The van der Waals surface area contributed by atoms with E-state index in [0.717, 1.165) is 11.1 Å². The number of benzene rings is 2. The molecule has 0 saturated heterocycles. The third-order valence-corrected chi connectivity index (χ3v) is 4.53. The van der Waals surface area contributed by atoms with Crippen molar-refractivity contribution in [2.75, 3.05) is 17.7 Å². The summed E-state index contributed by atoms with van der Waals surface area (Å²) in [4.78, 5) is 29.0. The number of methoxy groups -OCH3 is 1. The largest absolute Gasteiger partial charge is 0.497 e. The van der Waals surface area contributed by atoms with E-state index in [1.807, 2.05) is 31.2 Å². The number of nitrogens with one attached hydrogen (secondary N) is 2. The highest BCUT2D eigenvalue weighted by Crippen LogP contribution is 2.28. The molecule has 28 heavy (non-hydrogen) atoms. The molecule has 8 nitrogen and oxygen atoms in total. The van der Waals surface area contributed by atoms with Crippen molar-refractivity contribution in [2.24, 2.45) is 0 Å². The van der Waals surface area contributed by atoms with Crippen LogP contribution in [0.4, 0.5) is 11.6 Å². The third kappa shape index (κ3) is 3.44. The maximum absolute atomic E-state index is 12.4. The van der Waals surface area contributed by atoms with Gasteiger partial charge >= 0.3 is 0 Å². The fraction of sp³-hybridized carbons (Fsp3) is 0.200. The van der Waals surface area contributed by atoms with E-state index in [1.54, 1.807) is 31.4 Å². The minimum absolute atomic E-state index is 0.0401. The van der Waals surface area contributed by atoms with Crippen molar-refractivity contribution in [3.05, 3.63) is 54.1 Å². The van der Waals surface area contributed by atoms with Gasteiger partial charge in [0.15, 0.2) is 5.82 Å². The number of hydrogen-bond acceptors (Lipinski definition) is 5. The Labute approximate surface area is 161 Å². The highest BCUT2D eigenvalue weighted by atomic mass is 16.5. The Hall–Kier alpha value is -3.68. The molecule has 0 aliphatic carbocycles. The van der Waals surface area contributed by atoms with Gasteiger partial charge in [0.1, 0.15) is 11.8 Å². The summed E-state index contributed by atoms with van der Waals surface area (Å²) in [6.45, 7) is 2.00. The lowest BCUT2D eigenvalue weighted by molar-refractivity contribution is -0.123. The first kappa shape index (κ1) is 17.7. The summed E-state index contributed by atoms with van der Waals surface area (Å²) >= 11 is 0. The first-order valence-corrected chi connectivity index (χ1v) is 8.82. The molecule has 0 radical (unpaired) electrons. The number of carbonyl (C=O) groups excluding carboxylic acids is 2. The van der Waals surface area contributed by atoms with E-state index in [9.17, 15) is 9.59 Å². The Morgan fingerprint density at radius 1 is 1.18 bits per heavy atom. The number of rotatable bonds is 5. The Morgan fingerprint density at radius 2 is 1.89 bits per heavy atom. The zero-order valence-corrected chi connectivity index (χ0v) is 15.5. The molecule has 2 aromatic carbocycles. The average Bonchev–Trinajstić information content (AvgIpc) is 3.22. The number of ether oxygens (including phenoxy) is 1. The Balaban J connectivity index is 1.49. The second kappa shape index (κ2) is 7.15. The normalized spacial score (nSPS) is 15.1. The predicted octanol–water partition coefficient (Wildman–Crippen LogP) is 2.78. The second-order valence-corrected chi connectivity index (χ2v) is 6.56. The van der Waals surface area contributed by atoms with Gasteiger partial charge in [0.05, 0.1) is 13.5 Å². The van der Waals surface area contributed by atoms with E-state index in [1.165, 1.54) is 4.68 Å². The van der Waals surface area contributed by atoms with Crippen molar-refractivity contribution >= 4 is 23.5 Å². The van der Waals surface area contributed by atoms with E-state index in [0.29, 0.717) is 23.2 Å². The third-order valence-electron chi connectivity index (χ3n) is 4.53. The van der Waals surface area contributed by atoms with E-state index in [2.05, 4.69) is 20.7 Å². The van der Waals surface area contributed by atoms with Gasteiger partial charge in [-0.3, -0.25) is 14.9 Å². The van der Waals surface area contributed by atoms with Gasteiger partial charge in [0.2, 0.25) is 11.9 Å². The molecule has 0 saturated carbocycles. The molecule has 1 atom stereocenters. The molecule has 142 valence electrons. The molecule has 0 fully saturated rings. The zero-order valence-electron chi connectivity index (χ0n) is 15.5. The van der Waals surface area contributed by atoms with Crippen molar-refractivity contribution in [2.45, 2.75) is 19.4 Å². The Morgan fingerprint density at radius 3 is 2.57 bits per heavy atom. The zero-order chi connectivity index (χ0) is 19.7. The second-order valence-electron chi connectivity index (χ2n) is 6.56. The van der Waals surface area contributed by atoms with Gasteiger partial charge < -0.3 is 10.1 Å². The maximum Gasteiger partial charge on any atom is 0.252 e. The molecule has 1 aromatic heterocycles. The number of carbonyl (C=O) groups is 2. The lowest BCUT2D eigenvalue weighted by Gasteiger charge is -2.10. The van der Waals surface area contributed by atoms with Gasteiger partial charge in [-0.05, 0) is 31.2 Å². The maximum atomic E-state index is 12.4. The first-order valence-electron chi connectivity index (χ1n) is 8.82. The topological polar surface area (TPSA) is 98.1 Å². The molecule has 1 aliphatic rings. The van der Waals surface area contributed by atoms with Gasteiger partial charge in [0, 0.05) is 11.3 Å². The van der Waals surface area contributed by atoms with Gasteiger partial charge in [0.25, 0.3) is 5.91 Å². The quantitative estimate of drug-likeness (QED) is 0.712. The summed E-state index contributed by atoms with van der Waals surface area (Å²) in [5.74, 6) is 0.975. The van der Waals surface area contributed by atoms with Gasteiger partial charge in [-0.1, -0.05) is 29.8 Å². The molecule has 3 aromatic rings. The summed E-state index contributed by atoms with van der Waals surface area (Å²) in [6, 6.07) is 14.0. The van der Waals surface area contributed by atoms with Gasteiger partial charge in [-0.15, -0.1) is 5.10 Å². The SMILES string of the molecule is COc1ccc(NC(=O)C[C@H]2C(=O)Nc3nc(-c4ccc(C)cc4)nn32)cc1. The van der Waals surface area contributed by atoms with Crippen LogP contribution in [0.3, 0.4) is 0 Å².